The molecule has 0 radical (unpaired) electrons. The van der Waals surface area contributed by atoms with E-state index in [9.17, 15) is 14.4 Å². The van der Waals surface area contributed by atoms with Crippen LogP contribution in [0.3, 0.4) is 0 Å². The van der Waals surface area contributed by atoms with E-state index >= 15 is 0 Å². The van der Waals surface area contributed by atoms with Crippen LogP contribution in [0, 0.1) is 6.92 Å². The third-order valence-electron chi connectivity index (χ3n) is 5.87. The Morgan fingerprint density at radius 2 is 1.74 bits per heavy atom. The van der Waals surface area contributed by atoms with Gasteiger partial charge in [0, 0.05) is 51.1 Å². The van der Waals surface area contributed by atoms with Crippen LogP contribution in [0.15, 0.2) is 51.7 Å². The summed E-state index contributed by atoms with van der Waals surface area (Å²) in [6.45, 7) is 5.65. The normalized spacial score (nSPS) is 14.8. The van der Waals surface area contributed by atoms with Crippen LogP contribution < -0.4 is 5.76 Å². The summed E-state index contributed by atoms with van der Waals surface area (Å²) in [5.74, 6) is -0.314. The smallest absolute Gasteiger partial charge is 0.408 e. The standard InChI is InChI=1S/C24H27N3O4/c1-17-2-4-18(5-3-17)6-9-23(29)27-14-12-26(13-15-27)11-10-21(28)19-7-8-20-22(16-19)31-24(30)25-20/h2-5,7-8,16H,6,9-15H2,1H3,(H,25,30). The van der Waals surface area contributed by atoms with Gasteiger partial charge in [0.1, 0.15) is 0 Å². The summed E-state index contributed by atoms with van der Waals surface area (Å²) in [5, 5.41) is 0. The topological polar surface area (TPSA) is 86.6 Å². The molecule has 0 unspecified atom stereocenters. The zero-order valence-electron chi connectivity index (χ0n) is 17.7. The molecule has 2 aromatic carbocycles. The average Bonchev–Trinajstić information content (AvgIpc) is 3.16. The van der Waals surface area contributed by atoms with Crippen molar-refractivity contribution in [2.45, 2.75) is 26.2 Å². The van der Waals surface area contributed by atoms with Crippen molar-refractivity contribution >= 4 is 22.8 Å². The Balaban J connectivity index is 1.21. The summed E-state index contributed by atoms with van der Waals surface area (Å²) in [5.41, 5.74) is 3.94. The van der Waals surface area contributed by atoms with Crippen LogP contribution in [0.4, 0.5) is 0 Å². The summed E-state index contributed by atoms with van der Waals surface area (Å²) in [4.78, 5) is 43.0. The highest BCUT2D eigenvalue weighted by Crippen LogP contribution is 2.15. The Hall–Kier alpha value is -3.19. The predicted molar refractivity (Wildman–Crippen MR) is 118 cm³/mol. The first-order valence-corrected chi connectivity index (χ1v) is 10.7. The van der Waals surface area contributed by atoms with Gasteiger partial charge in [-0.15, -0.1) is 0 Å². The molecule has 0 saturated carbocycles. The van der Waals surface area contributed by atoms with Gasteiger partial charge in [0.2, 0.25) is 5.91 Å². The van der Waals surface area contributed by atoms with Gasteiger partial charge in [-0.3, -0.25) is 19.5 Å². The number of fused-ring (bicyclic) bond motifs is 1. The Bertz CT molecular complexity index is 1120. The van der Waals surface area contributed by atoms with Gasteiger partial charge < -0.3 is 9.32 Å². The molecule has 31 heavy (non-hydrogen) atoms. The lowest BCUT2D eigenvalue weighted by atomic mass is 10.1. The van der Waals surface area contributed by atoms with E-state index in [1.54, 1.807) is 18.2 Å². The number of aromatic amines is 1. The zero-order chi connectivity index (χ0) is 21.8. The molecule has 0 aliphatic carbocycles. The van der Waals surface area contributed by atoms with Crippen LogP contribution in [-0.2, 0) is 11.2 Å². The number of rotatable bonds is 7. The van der Waals surface area contributed by atoms with Gasteiger partial charge in [-0.25, -0.2) is 4.79 Å². The van der Waals surface area contributed by atoms with Crippen LogP contribution in [-0.4, -0.2) is 59.2 Å². The van der Waals surface area contributed by atoms with E-state index in [2.05, 4.69) is 41.1 Å². The number of ketones is 1. The Labute approximate surface area is 180 Å². The highest BCUT2D eigenvalue weighted by Gasteiger charge is 2.21. The lowest BCUT2D eigenvalue weighted by Gasteiger charge is -2.34. The second-order valence-corrected chi connectivity index (χ2v) is 8.11. The summed E-state index contributed by atoms with van der Waals surface area (Å²) >= 11 is 0. The minimum absolute atomic E-state index is 0.0161. The highest BCUT2D eigenvalue weighted by molar-refractivity contribution is 5.98. The summed E-state index contributed by atoms with van der Waals surface area (Å²) < 4.78 is 5.03. The number of hydrogen-bond acceptors (Lipinski definition) is 5. The van der Waals surface area contributed by atoms with E-state index in [0.717, 1.165) is 19.5 Å². The SMILES string of the molecule is Cc1ccc(CCC(=O)N2CCN(CCC(=O)c3ccc4[nH]c(=O)oc4c3)CC2)cc1. The number of carbonyl (C=O) groups excluding carboxylic acids is 2. The molecule has 1 aromatic heterocycles. The Morgan fingerprint density at radius 1 is 1.00 bits per heavy atom. The van der Waals surface area contributed by atoms with Crippen LogP contribution in [0.5, 0.6) is 0 Å². The van der Waals surface area contributed by atoms with E-state index in [-0.39, 0.29) is 11.7 Å². The fourth-order valence-corrected chi connectivity index (χ4v) is 3.91. The molecule has 2 heterocycles. The van der Waals surface area contributed by atoms with Gasteiger partial charge in [0.05, 0.1) is 5.52 Å². The van der Waals surface area contributed by atoms with E-state index in [1.807, 2.05) is 4.90 Å². The lowest BCUT2D eigenvalue weighted by molar-refractivity contribution is -0.132. The van der Waals surface area contributed by atoms with Gasteiger partial charge in [-0.1, -0.05) is 29.8 Å². The number of nitrogens with one attached hydrogen (secondary N) is 1. The number of hydrogen-bond donors (Lipinski definition) is 1. The van der Waals surface area contributed by atoms with Crippen molar-refractivity contribution in [3.05, 3.63) is 69.7 Å². The molecule has 1 fully saturated rings. The number of H-pyrrole nitrogens is 1. The third-order valence-corrected chi connectivity index (χ3v) is 5.87. The van der Waals surface area contributed by atoms with Crippen molar-refractivity contribution in [2.75, 3.05) is 32.7 Å². The minimum atomic E-state index is -0.522. The molecule has 1 saturated heterocycles. The van der Waals surface area contributed by atoms with Crippen LogP contribution in [0.2, 0.25) is 0 Å². The molecule has 7 nitrogen and oxygen atoms in total. The molecule has 1 N–H and O–H groups in total. The van der Waals surface area contributed by atoms with E-state index < -0.39 is 5.76 Å². The predicted octanol–water partition coefficient (Wildman–Crippen LogP) is 2.78. The van der Waals surface area contributed by atoms with Gasteiger partial charge in [0.25, 0.3) is 0 Å². The van der Waals surface area contributed by atoms with E-state index in [1.165, 1.54) is 11.1 Å². The largest absolute Gasteiger partial charge is 0.417 e. The Kier molecular flexibility index (Phi) is 6.32. The van der Waals surface area contributed by atoms with Crippen LogP contribution in [0.25, 0.3) is 11.1 Å². The zero-order valence-corrected chi connectivity index (χ0v) is 17.7. The summed E-state index contributed by atoms with van der Waals surface area (Å²) in [6, 6.07) is 13.3. The van der Waals surface area contributed by atoms with Crippen molar-refractivity contribution in [2.24, 2.45) is 0 Å². The maximum atomic E-state index is 12.5. The molecule has 4 rings (SSSR count). The number of carbonyl (C=O) groups is 2. The molecule has 162 valence electrons. The summed E-state index contributed by atoms with van der Waals surface area (Å²) in [6.07, 6.45) is 1.68. The highest BCUT2D eigenvalue weighted by atomic mass is 16.4. The maximum absolute atomic E-state index is 12.5. The molecule has 3 aromatic rings. The van der Waals surface area contributed by atoms with Crippen molar-refractivity contribution in [3.8, 4) is 0 Å². The average molecular weight is 421 g/mol. The Morgan fingerprint density at radius 3 is 2.48 bits per heavy atom. The van der Waals surface area contributed by atoms with Gasteiger partial charge in [-0.2, -0.15) is 0 Å². The fraction of sp³-hybridized carbons (Fsp3) is 0.375. The van der Waals surface area contributed by atoms with Gasteiger partial charge >= 0.3 is 5.76 Å². The molecule has 7 heteroatoms. The maximum Gasteiger partial charge on any atom is 0.417 e. The molecule has 0 bridgehead atoms. The first-order valence-electron chi connectivity index (χ1n) is 10.7. The quantitative estimate of drug-likeness (QED) is 0.593. The molecule has 1 aliphatic rings. The first kappa shape index (κ1) is 21.1. The molecule has 0 spiro atoms. The molecule has 0 atom stereocenters. The molecule has 1 aliphatic heterocycles. The van der Waals surface area contributed by atoms with Crippen LogP contribution in [0.1, 0.15) is 34.3 Å². The number of Topliss-reactive ketones (excluding diaryl/α,β-unsaturated/α-hetero) is 1. The number of aryl methyl sites for hydroxylation is 2. The third kappa shape index (κ3) is 5.30. The molecular formula is C24H27N3O4. The molecule has 1 amide bonds. The fourth-order valence-electron chi connectivity index (χ4n) is 3.91. The number of oxazole rings is 1. The van der Waals surface area contributed by atoms with Crippen molar-refractivity contribution in [3.63, 3.8) is 0 Å². The number of piperazine rings is 1. The minimum Gasteiger partial charge on any atom is -0.408 e. The first-order chi connectivity index (χ1) is 15.0. The number of amides is 1. The van der Waals surface area contributed by atoms with E-state index in [4.69, 9.17) is 4.42 Å². The van der Waals surface area contributed by atoms with Crippen molar-refractivity contribution < 1.29 is 14.0 Å². The second kappa shape index (κ2) is 9.31. The van der Waals surface area contributed by atoms with Gasteiger partial charge in [-0.05, 0) is 37.1 Å². The number of aromatic nitrogens is 1. The summed E-state index contributed by atoms with van der Waals surface area (Å²) in [7, 11) is 0. The second-order valence-electron chi connectivity index (χ2n) is 8.11. The lowest BCUT2D eigenvalue weighted by Crippen LogP contribution is -2.49. The van der Waals surface area contributed by atoms with Crippen molar-refractivity contribution in [1.29, 1.82) is 0 Å². The van der Waals surface area contributed by atoms with Crippen molar-refractivity contribution in [1.82, 2.24) is 14.8 Å². The van der Waals surface area contributed by atoms with Crippen LogP contribution >= 0.6 is 0 Å². The van der Waals surface area contributed by atoms with Gasteiger partial charge in [0.15, 0.2) is 11.4 Å². The number of nitrogens with zero attached hydrogens (tertiary/aromatic N) is 2. The monoisotopic (exact) mass is 421 g/mol. The van der Waals surface area contributed by atoms with E-state index in [0.29, 0.717) is 49.1 Å². The number of benzene rings is 2. The molecular weight excluding hydrogens is 394 g/mol.